The molecule has 40 heavy (non-hydrogen) atoms. The lowest BCUT2D eigenvalue weighted by Crippen LogP contribution is -2.02. The molecule has 0 N–H and O–H groups in total. The number of thiol groups is 2. The van der Waals surface area contributed by atoms with Crippen molar-refractivity contribution in [2.75, 3.05) is 0 Å². The first-order valence-electron chi connectivity index (χ1n) is 13.4. The number of hydrogen-bond acceptors (Lipinski definition) is 2. The van der Waals surface area contributed by atoms with Gasteiger partial charge >= 0.3 is 0 Å². The van der Waals surface area contributed by atoms with Crippen molar-refractivity contribution in [3.05, 3.63) is 146 Å². The summed E-state index contributed by atoms with van der Waals surface area (Å²) in [5.41, 5.74) is 2.38. The molecule has 4 heteroatoms. The van der Waals surface area contributed by atoms with Crippen LogP contribution in [0.2, 0.25) is 0 Å². The van der Waals surface area contributed by atoms with Crippen LogP contribution in [0.3, 0.4) is 0 Å². The van der Waals surface area contributed by atoms with E-state index < -0.39 is 21.8 Å². The maximum Gasteiger partial charge on any atom is 0.139 e. The van der Waals surface area contributed by atoms with Gasteiger partial charge in [0, 0.05) is 19.6 Å². The molecule has 0 saturated carbocycles. The van der Waals surface area contributed by atoms with E-state index in [1.807, 2.05) is 0 Å². The van der Waals surface area contributed by atoms with E-state index >= 15 is 0 Å². The van der Waals surface area contributed by atoms with E-state index in [0.29, 0.717) is 0 Å². The van der Waals surface area contributed by atoms with E-state index in [1.165, 1.54) is 40.5 Å². The molecule has 2 unspecified atom stereocenters. The van der Waals surface area contributed by atoms with Gasteiger partial charge in [-0.3, -0.25) is 0 Å². The molecular formula is C36H26O2S2. The summed E-state index contributed by atoms with van der Waals surface area (Å²) in [5.74, 6) is 3.80. The van der Waals surface area contributed by atoms with Gasteiger partial charge in [-0.1, -0.05) is 72.8 Å². The Labute approximate surface area is 239 Å². The van der Waals surface area contributed by atoms with E-state index in [0.717, 1.165) is 23.0 Å². The second kappa shape index (κ2) is 9.67. The Balaban J connectivity index is 1.27. The second-order valence-electron chi connectivity index (χ2n) is 9.85. The van der Waals surface area contributed by atoms with Gasteiger partial charge in [-0.15, -0.1) is 0 Å². The van der Waals surface area contributed by atoms with E-state index in [9.17, 15) is 0 Å². The first kappa shape index (κ1) is 23.5. The fraction of sp³-hybridized carbons (Fsp3) is 0. The lowest BCUT2D eigenvalue weighted by molar-refractivity contribution is 0.453. The highest BCUT2D eigenvalue weighted by Crippen LogP contribution is 2.63. The predicted octanol–water partition coefficient (Wildman–Crippen LogP) is 10.5. The summed E-state index contributed by atoms with van der Waals surface area (Å²) in [5, 5.41) is 0. The molecule has 0 radical (unpaired) electrons. The standard InChI is InChI=1S/C36H26O2S2/c1-3-11-27(12-4-1)39-33-17-9-7-15-29(33)37-31-21-19-25(23-35(31)39)26-20-22-32-36(24-26)40(28-13-5-2-6-14-28)34-18-10-8-16-30(34)38-32/h1-24,39-40H. The predicted molar refractivity (Wildman–Crippen MR) is 165 cm³/mol. The van der Waals surface area contributed by atoms with Crippen molar-refractivity contribution in [3.63, 3.8) is 0 Å². The van der Waals surface area contributed by atoms with Crippen LogP contribution in [0.15, 0.2) is 175 Å². The van der Waals surface area contributed by atoms with Crippen LogP contribution in [0.5, 0.6) is 23.0 Å². The first-order chi connectivity index (χ1) is 19.8. The molecule has 2 atom stereocenters. The minimum atomic E-state index is -0.740. The zero-order chi connectivity index (χ0) is 26.5. The van der Waals surface area contributed by atoms with Gasteiger partial charge in [0.15, 0.2) is 0 Å². The molecule has 0 aliphatic carbocycles. The minimum absolute atomic E-state index is 0.740. The number of fused-ring (bicyclic) bond motifs is 4. The molecule has 2 nitrogen and oxygen atoms in total. The van der Waals surface area contributed by atoms with Crippen LogP contribution in [0.1, 0.15) is 0 Å². The van der Waals surface area contributed by atoms with Crippen molar-refractivity contribution in [3.8, 4) is 34.1 Å². The maximum atomic E-state index is 6.42. The molecular weight excluding hydrogens is 529 g/mol. The number of benzene rings is 6. The highest BCUT2D eigenvalue weighted by Gasteiger charge is 2.28. The van der Waals surface area contributed by atoms with Gasteiger partial charge in [-0.05, 0) is 93.7 Å². The zero-order valence-corrected chi connectivity index (χ0v) is 23.4. The molecule has 0 fully saturated rings. The van der Waals surface area contributed by atoms with Gasteiger partial charge in [0.2, 0.25) is 0 Å². The van der Waals surface area contributed by atoms with Crippen LogP contribution in [-0.2, 0) is 0 Å². The van der Waals surface area contributed by atoms with Crippen molar-refractivity contribution >= 4 is 21.8 Å². The lowest BCUT2D eigenvalue weighted by Gasteiger charge is -2.33. The number of hydrogen-bond donors (Lipinski definition) is 2. The SMILES string of the molecule is c1ccc([SH]2c3ccccc3Oc3ccc(-c4ccc5c(c4)[SH](c4ccccc4)c4ccccc4O5)cc32)cc1. The van der Waals surface area contributed by atoms with Crippen molar-refractivity contribution in [2.45, 2.75) is 29.4 Å². The van der Waals surface area contributed by atoms with Crippen LogP contribution in [0.4, 0.5) is 0 Å². The highest BCUT2D eigenvalue weighted by atomic mass is 32.2. The van der Waals surface area contributed by atoms with E-state index in [1.54, 1.807) is 0 Å². The van der Waals surface area contributed by atoms with Gasteiger partial charge in [0.1, 0.15) is 23.0 Å². The topological polar surface area (TPSA) is 18.5 Å². The van der Waals surface area contributed by atoms with E-state index in [4.69, 9.17) is 9.47 Å². The molecule has 2 heterocycles. The second-order valence-corrected chi connectivity index (χ2v) is 14.1. The van der Waals surface area contributed by atoms with Gasteiger partial charge < -0.3 is 9.47 Å². The zero-order valence-electron chi connectivity index (χ0n) is 21.6. The summed E-state index contributed by atoms with van der Waals surface area (Å²) >= 11 is 0. The maximum absolute atomic E-state index is 6.42. The first-order valence-corrected chi connectivity index (χ1v) is 16.0. The molecule has 0 bridgehead atoms. The highest BCUT2D eigenvalue weighted by molar-refractivity contribution is 8.17. The molecule has 8 rings (SSSR count). The van der Waals surface area contributed by atoms with E-state index in [-0.39, 0.29) is 0 Å². The normalized spacial score (nSPS) is 18.2. The van der Waals surface area contributed by atoms with Gasteiger partial charge in [-0.2, -0.15) is 21.8 Å². The third-order valence-corrected chi connectivity index (χ3v) is 12.4. The van der Waals surface area contributed by atoms with Gasteiger partial charge in [0.05, 0.1) is 0 Å². The fourth-order valence-electron chi connectivity index (χ4n) is 5.58. The average Bonchev–Trinajstić information content (AvgIpc) is 3.03. The van der Waals surface area contributed by atoms with E-state index in [2.05, 4.69) is 146 Å². The summed E-state index contributed by atoms with van der Waals surface area (Å²) in [4.78, 5) is 7.68. The molecule has 0 saturated heterocycles. The summed E-state index contributed by atoms with van der Waals surface area (Å²) in [7, 11) is -1.48. The minimum Gasteiger partial charge on any atom is -0.455 e. The largest absolute Gasteiger partial charge is 0.455 e. The summed E-state index contributed by atoms with van der Waals surface area (Å²) < 4.78 is 12.8. The average molecular weight is 555 g/mol. The molecule has 0 amide bonds. The fourth-order valence-corrected chi connectivity index (χ4v) is 10.5. The van der Waals surface area contributed by atoms with Crippen molar-refractivity contribution < 1.29 is 9.47 Å². The lowest BCUT2D eigenvalue weighted by atomic mass is 10.1. The quantitative estimate of drug-likeness (QED) is 0.212. The Morgan fingerprint density at radius 1 is 0.325 bits per heavy atom. The summed E-state index contributed by atoms with van der Waals surface area (Å²) in [6.45, 7) is 0. The number of ether oxygens (including phenoxy) is 2. The van der Waals surface area contributed by atoms with Gasteiger partial charge in [0.25, 0.3) is 0 Å². The van der Waals surface area contributed by atoms with Gasteiger partial charge in [-0.25, -0.2) is 0 Å². The number of rotatable bonds is 3. The van der Waals surface area contributed by atoms with Crippen molar-refractivity contribution in [2.24, 2.45) is 0 Å². The van der Waals surface area contributed by atoms with Crippen LogP contribution >= 0.6 is 21.8 Å². The molecule has 0 spiro atoms. The molecule has 2 aliphatic rings. The Hall–Kier alpha value is -4.38. The molecule has 194 valence electrons. The van der Waals surface area contributed by atoms with Crippen LogP contribution < -0.4 is 9.47 Å². The van der Waals surface area contributed by atoms with Crippen LogP contribution in [0, 0.1) is 0 Å². The van der Waals surface area contributed by atoms with Crippen molar-refractivity contribution in [1.82, 2.24) is 0 Å². The molecule has 0 aromatic heterocycles. The molecule has 6 aromatic carbocycles. The third-order valence-electron chi connectivity index (χ3n) is 7.41. The summed E-state index contributed by atoms with van der Waals surface area (Å²) in [6, 6.07) is 51.9. The Kier molecular flexibility index (Phi) is 5.68. The Bertz CT molecular complexity index is 1730. The van der Waals surface area contributed by atoms with Crippen LogP contribution in [0.25, 0.3) is 11.1 Å². The smallest absolute Gasteiger partial charge is 0.139 e. The monoisotopic (exact) mass is 554 g/mol. The van der Waals surface area contributed by atoms with Crippen molar-refractivity contribution in [1.29, 1.82) is 0 Å². The Morgan fingerprint density at radius 3 is 1.15 bits per heavy atom. The van der Waals surface area contributed by atoms with Crippen LogP contribution in [-0.4, -0.2) is 0 Å². The Morgan fingerprint density at radius 2 is 0.700 bits per heavy atom. The molecule has 2 aliphatic heterocycles. The third kappa shape index (κ3) is 3.91. The number of para-hydroxylation sites is 2. The summed E-state index contributed by atoms with van der Waals surface area (Å²) in [6.07, 6.45) is 0. The molecule has 6 aromatic rings.